The van der Waals surface area contributed by atoms with Crippen molar-refractivity contribution in [2.75, 3.05) is 44.6 Å². The molecule has 0 spiro atoms. The molecular formula is C18H25BrN3O3+. The number of hydrogen-bond donors (Lipinski definition) is 2. The monoisotopic (exact) mass is 410 g/mol. The van der Waals surface area contributed by atoms with E-state index in [1.807, 2.05) is 30.0 Å². The molecule has 7 heteroatoms. The van der Waals surface area contributed by atoms with Crippen LogP contribution in [-0.2, 0) is 14.3 Å². The minimum absolute atomic E-state index is 0.00143. The Morgan fingerprint density at radius 3 is 2.76 bits per heavy atom. The van der Waals surface area contributed by atoms with Crippen molar-refractivity contribution in [3.63, 3.8) is 0 Å². The molecule has 2 heterocycles. The third-order valence-electron chi connectivity index (χ3n) is 4.80. The maximum Gasteiger partial charge on any atom is 0.279 e. The van der Waals surface area contributed by atoms with Gasteiger partial charge in [0.1, 0.15) is 6.10 Å². The Morgan fingerprint density at radius 1 is 1.36 bits per heavy atom. The Kier molecular flexibility index (Phi) is 6.09. The van der Waals surface area contributed by atoms with E-state index < -0.39 is 0 Å². The van der Waals surface area contributed by atoms with Crippen LogP contribution in [0.2, 0.25) is 0 Å². The van der Waals surface area contributed by atoms with E-state index >= 15 is 0 Å². The molecule has 2 saturated heterocycles. The van der Waals surface area contributed by atoms with Gasteiger partial charge in [0.15, 0.2) is 6.54 Å². The number of carbonyl (C=O) groups excluding carboxylic acids is 2. The van der Waals surface area contributed by atoms with E-state index in [4.69, 9.17) is 4.74 Å². The van der Waals surface area contributed by atoms with Gasteiger partial charge in [-0.05, 0) is 53.4 Å². The Hall–Kier alpha value is -1.44. The van der Waals surface area contributed by atoms with Crippen molar-refractivity contribution < 1.29 is 19.2 Å². The smallest absolute Gasteiger partial charge is 0.279 e. The second-order valence-electron chi connectivity index (χ2n) is 6.79. The summed E-state index contributed by atoms with van der Waals surface area (Å²) in [4.78, 5) is 27.7. The minimum Gasteiger partial charge on any atom is -0.368 e. The second-order valence-corrected chi connectivity index (χ2v) is 7.64. The SMILES string of the molecule is Cc1ccc(NC(=O)C[NH+]2CCN(C(=O)[C@@H]3CCCO3)CC2)c(Br)c1. The zero-order valence-corrected chi connectivity index (χ0v) is 16.1. The standard InChI is InChI=1S/C18H24BrN3O3/c1-13-4-5-15(14(19)11-13)20-17(23)12-21-6-8-22(9-7-21)18(24)16-3-2-10-25-16/h4-5,11,16H,2-3,6-10,12H2,1H3,(H,20,23)/p+1/t16-/m0/s1. The molecule has 2 aliphatic rings. The Labute approximate surface area is 156 Å². The van der Waals surface area contributed by atoms with Crippen LogP contribution in [0, 0.1) is 6.92 Å². The fourth-order valence-corrected chi connectivity index (χ4v) is 3.93. The van der Waals surface area contributed by atoms with Crippen molar-refractivity contribution in [3.8, 4) is 0 Å². The van der Waals surface area contributed by atoms with Crippen molar-refractivity contribution in [2.24, 2.45) is 0 Å². The van der Waals surface area contributed by atoms with Gasteiger partial charge in [0.25, 0.3) is 11.8 Å². The van der Waals surface area contributed by atoms with E-state index in [-0.39, 0.29) is 17.9 Å². The van der Waals surface area contributed by atoms with Crippen LogP contribution in [0.25, 0.3) is 0 Å². The lowest BCUT2D eigenvalue weighted by Crippen LogP contribution is -3.15. The number of benzene rings is 1. The molecule has 2 amide bonds. The van der Waals surface area contributed by atoms with E-state index in [2.05, 4.69) is 21.2 Å². The van der Waals surface area contributed by atoms with Gasteiger partial charge in [-0.25, -0.2) is 0 Å². The number of carbonyl (C=O) groups is 2. The van der Waals surface area contributed by atoms with Gasteiger partial charge in [0.05, 0.1) is 31.9 Å². The van der Waals surface area contributed by atoms with Crippen LogP contribution in [0.5, 0.6) is 0 Å². The van der Waals surface area contributed by atoms with Crippen LogP contribution in [0.3, 0.4) is 0 Å². The van der Waals surface area contributed by atoms with Crippen LogP contribution in [-0.4, -0.2) is 62.1 Å². The van der Waals surface area contributed by atoms with Gasteiger partial charge in [0.2, 0.25) is 0 Å². The average molecular weight is 411 g/mol. The molecule has 3 rings (SSSR count). The molecular weight excluding hydrogens is 386 g/mol. The summed E-state index contributed by atoms with van der Waals surface area (Å²) < 4.78 is 6.37. The number of hydrogen-bond acceptors (Lipinski definition) is 3. The van der Waals surface area contributed by atoms with Crippen LogP contribution in [0.1, 0.15) is 18.4 Å². The number of nitrogens with zero attached hydrogens (tertiary/aromatic N) is 1. The maximum absolute atomic E-state index is 12.3. The highest BCUT2D eigenvalue weighted by molar-refractivity contribution is 9.10. The quantitative estimate of drug-likeness (QED) is 0.763. The lowest BCUT2D eigenvalue weighted by Gasteiger charge is -2.33. The third-order valence-corrected chi connectivity index (χ3v) is 5.45. The Bertz CT molecular complexity index is 638. The van der Waals surface area contributed by atoms with Gasteiger partial charge in [0, 0.05) is 11.1 Å². The van der Waals surface area contributed by atoms with Crippen molar-refractivity contribution in [3.05, 3.63) is 28.2 Å². The van der Waals surface area contributed by atoms with Crippen molar-refractivity contribution in [2.45, 2.75) is 25.9 Å². The summed E-state index contributed by atoms with van der Waals surface area (Å²) >= 11 is 3.48. The molecule has 0 aromatic heterocycles. The predicted octanol–water partition coefficient (Wildman–Crippen LogP) is 0.602. The van der Waals surface area contributed by atoms with E-state index in [9.17, 15) is 9.59 Å². The first-order valence-electron chi connectivity index (χ1n) is 8.83. The summed E-state index contributed by atoms with van der Waals surface area (Å²) in [5.74, 6) is 0.114. The molecule has 2 aliphatic heterocycles. The number of nitrogens with one attached hydrogen (secondary N) is 2. The molecule has 0 aliphatic carbocycles. The highest BCUT2D eigenvalue weighted by atomic mass is 79.9. The first-order chi connectivity index (χ1) is 12.0. The molecule has 1 atom stereocenters. The summed E-state index contributed by atoms with van der Waals surface area (Å²) in [7, 11) is 0. The number of halogens is 1. The van der Waals surface area contributed by atoms with Gasteiger partial charge < -0.3 is 19.9 Å². The van der Waals surface area contributed by atoms with Crippen LogP contribution in [0.15, 0.2) is 22.7 Å². The first kappa shape index (κ1) is 18.4. The molecule has 2 N–H and O–H groups in total. The van der Waals surface area contributed by atoms with Crippen molar-refractivity contribution >= 4 is 33.4 Å². The molecule has 0 unspecified atom stereocenters. The maximum atomic E-state index is 12.3. The molecule has 0 radical (unpaired) electrons. The number of aryl methyl sites for hydroxylation is 1. The van der Waals surface area contributed by atoms with Crippen LogP contribution < -0.4 is 10.2 Å². The van der Waals surface area contributed by atoms with Crippen LogP contribution in [0.4, 0.5) is 5.69 Å². The van der Waals surface area contributed by atoms with Crippen molar-refractivity contribution in [1.29, 1.82) is 0 Å². The number of quaternary nitrogens is 1. The summed E-state index contributed by atoms with van der Waals surface area (Å²) in [6.07, 6.45) is 1.56. The molecule has 1 aromatic rings. The fraction of sp³-hybridized carbons (Fsp3) is 0.556. The lowest BCUT2D eigenvalue weighted by molar-refractivity contribution is -0.895. The van der Waals surface area contributed by atoms with Crippen LogP contribution >= 0.6 is 15.9 Å². The number of piperazine rings is 1. The zero-order valence-electron chi connectivity index (χ0n) is 14.5. The highest BCUT2D eigenvalue weighted by Crippen LogP contribution is 2.23. The van der Waals surface area contributed by atoms with E-state index in [0.717, 1.165) is 41.7 Å². The minimum atomic E-state index is -0.247. The Morgan fingerprint density at radius 2 is 2.12 bits per heavy atom. The van der Waals surface area contributed by atoms with Crippen molar-refractivity contribution in [1.82, 2.24) is 4.90 Å². The summed E-state index contributed by atoms with van der Waals surface area (Å²) in [5.41, 5.74) is 1.93. The molecule has 1 aromatic carbocycles. The molecule has 2 fully saturated rings. The van der Waals surface area contributed by atoms with Gasteiger partial charge >= 0.3 is 0 Å². The number of rotatable bonds is 4. The van der Waals surface area contributed by atoms with Gasteiger partial charge in [-0.3, -0.25) is 9.59 Å². The van der Waals surface area contributed by atoms with E-state index in [0.29, 0.717) is 26.2 Å². The normalized spacial score (nSPS) is 21.4. The van der Waals surface area contributed by atoms with Gasteiger partial charge in [-0.2, -0.15) is 0 Å². The summed E-state index contributed by atoms with van der Waals surface area (Å²) in [5, 5.41) is 2.96. The van der Waals surface area contributed by atoms with Gasteiger partial charge in [-0.1, -0.05) is 6.07 Å². The fourth-order valence-electron chi connectivity index (χ4n) is 3.34. The van der Waals surface area contributed by atoms with E-state index in [1.165, 1.54) is 4.90 Å². The second kappa shape index (κ2) is 8.29. The molecule has 0 saturated carbocycles. The number of ether oxygens (including phenoxy) is 1. The molecule has 136 valence electrons. The topological polar surface area (TPSA) is 63.1 Å². The molecule has 0 bridgehead atoms. The van der Waals surface area contributed by atoms with Gasteiger partial charge in [-0.15, -0.1) is 0 Å². The summed E-state index contributed by atoms with van der Waals surface area (Å²) in [6, 6.07) is 5.87. The lowest BCUT2D eigenvalue weighted by atomic mass is 10.2. The first-order valence-corrected chi connectivity index (χ1v) is 9.62. The number of amides is 2. The zero-order chi connectivity index (χ0) is 17.8. The molecule has 6 nitrogen and oxygen atoms in total. The predicted molar refractivity (Wildman–Crippen MR) is 98.6 cm³/mol. The highest BCUT2D eigenvalue weighted by Gasteiger charge is 2.32. The molecule has 25 heavy (non-hydrogen) atoms. The average Bonchev–Trinajstić information content (AvgIpc) is 3.12. The summed E-state index contributed by atoms with van der Waals surface area (Å²) in [6.45, 7) is 6.09. The largest absolute Gasteiger partial charge is 0.368 e. The Balaban J connectivity index is 1.45. The van der Waals surface area contributed by atoms with E-state index in [1.54, 1.807) is 0 Å². The third kappa shape index (κ3) is 4.80. The number of anilines is 1.